The molecule has 1 atom stereocenters. The van der Waals surface area contributed by atoms with Gasteiger partial charge < -0.3 is 19.5 Å². The number of rotatable bonds is 4. The fraction of sp³-hybridized carbons (Fsp3) is 0.562. The lowest BCUT2D eigenvalue weighted by Gasteiger charge is -2.44. The van der Waals surface area contributed by atoms with Gasteiger partial charge in [-0.15, -0.1) is 12.4 Å². The van der Waals surface area contributed by atoms with Crippen molar-refractivity contribution < 1.29 is 9.26 Å². The molecule has 7 heteroatoms. The van der Waals surface area contributed by atoms with Crippen molar-refractivity contribution >= 4 is 40.8 Å². The van der Waals surface area contributed by atoms with Crippen LogP contribution >= 0.6 is 24.0 Å². The normalized spacial score (nSPS) is 26.1. The van der Waals surface area contributed by atoms with Crippen molar-refractivity contribution in [3.8, 4) is 5.75 Å². The first-order valence-corrected chi connectivity index (χ1v) is 8.33. The lowest BCUT2D eigenvalue weighted by atomic mass is 9.84. The molecule has 1 aromatic heterocycles. The van der Waals surface area contributed by atoms with Crippen molar-refractivity contribution in [2.45, 2.75) is 25.8 Å². The highest BCUT2D eigenvalue weighted by atomic mass is 35.5. The van der Waals surface area contributed by atoms with E-state index in [2.05, 4.69) is 15.4 Å². The third kappa shape index (κ3) is 2.97. The van der Waals surface area contributed by atoms with Crippen LogP contribution in [0.25, 0.3) is 11.0 Å². The van der Waals surface area contributed by atoms with E-state index in [0.717, 1.165) is 23.7 Å². The maximum absolute atomic E-state index is 6.19. The van der Waals surface area contributed by atoms with Crippen molar-refractivity contribution in [3.05, 3.63) is 17.2 Å². The Balaban J connectivity index is 0.00000156. The summed E-state index contributed by atoms with van der Waals surface area (Å²) in [5.74, 6) is 2.11. The maximum Gasteiger partial charge on any atom is 0.212 e. The highest BCUT2D eigenvalue weighted by Crippen LogP contribution is 2.38. The molecule has 0 spiro atoms. The van der Waals surface area contributed by atoms with Crippen LogP contribution in [0.1, 0.15) is 19.8 Å². The van der Waals surface area contributed by atoms with Gasteiger partial charge in [0.2, 0.25) is 5.58 Å². The minimum atomic E-state index is 0. The Kier molecular flexibility index (Phi) is 4.90. The van der Waals surface area contributed by atoms with Gasteiger partial charge in [-0.3, -0.25) is 0 Å². The van der Waals surface area contributed by atoms with E-state index in [-0.39, 0.29) is 12.4 Å². The number of hydrogen-bond donors (Lipinski definition) is 1. The quantitative estimate of drug-likeness (QED) is 0.901. The van der Waals surface area contributed by atoms with Gasteiger partial charge in [0.15, 0.2) is 11.6 Å². The molecule has 3 fully saturated rings. The highest BCUT2D eigenvalue weighted by Gasteiger charge is 2.34. The molecule has 0 saturated carbocycles. The summed E-state index contributed by atoms with van der Waals surface area (Å²) in [4.78, 5) is 2.52. The van der Waals surface area contributed by atoms with Gasteiger partial charge in [-0.2, -0.15) is 0 Å². The molecule has 0 radical (unpaired) electrons. The summed E-state index contributed by atoms with van der Waals surface area (Å²) in [6.45, 7) is 6.02. The van der Waals surface area contributed by atoms with Crippen molar-refractivity contribution in [1.82, 2.24) is 10.1 Å². The molecule has 2 bridgehead atoms. The number of aromatic nitrogens is 1. The zero-order valence-corrected chi connectivity index (χ0v) is 14.6. The number of anilines is 1. The number of fused-ring (bicyclic) bond motifs is 4. The molecule has 3 aliphatic rings. The molecule has 3 aliphatic heterocycles. The van der Waals surface area contributed by atoms with E-state index < -0.39 is 0 Å². The van der Waals surface area contributed by atoms with Gasteiger partial charge in [0.1, 0.15) is 0 Å². The van der Waals surface area contributed by atoms with Gasteiger partial charge in [0.05, 0.1) is 17.0 Å². The fourth-order valence-corrected chi connectivity index (χ4v) is 3.85. The SMILES string of the molecule is CCOc1c(Cl)ccc2c(NC3CN4CCC3CC4)noc12.Cl. The van der Waals surface area contributed by atoms with E-state index in [1.165, 1.54) is 25.9 Å². The second-order valence-electron chi connectivity index (χ2n) is 6.11. The Morgan fingerprint density at radius 1 is 1.39 bits per heavy atom. The number of piperidine rings is 3. The van der Waals surface area contributed by atoms with Crippen LogP contribution in [-0.4, -0.2) is 42.3 Å². The first-order valence-electron chi connectivity index (χ1n) is 7.96. The third-order valence-corrected chi connectivity index (χ3v) is 5.11. The molecule has 2 aromatic rings. The van der Waals surface area contributed by atoms with Crippen LogP contribution in [0.4, 0.5) is 5.82 Å². The molecule has 126 valence electrons. The molecule has 3 saturated heterocycles. The third-order valence-electron chi connectivity index (χ3n) is 4.81. The van der Waals surface area contributed by atoms with Crippen LogP contribution in [0.15, 0.2) is 16.7 Å². The summed E-state index contributed by atoms with van der Waals surface area (Å²) < 4.78 is 11.1. The lowest BCUT2D eigenvalue weighted by Crippen LogP contribution is -2.53. The van der Waals surface area contributed by atoms with E-state index in [9.17, 15) is 0 Å². The Labute approximate surface area is 146 Å². The van der Waals surface area contributed by atoms with Gasteiger partial charge in [0, 0.05) is 12.6 Å². The molecule has 1 N–H and O–H groups in total. The smallest absolute Gasteiger partial charge is 0.212 e. The number of benzene rings is 1. The minimum Gasteiger partial charge on any atom is -0.488 e. The van der Waals surface area contributed by atoms with Crippen LogP contribution in [-0.2, 0) is 0 Å². The monoisotopic (exact) mass is 357 g/mol. The topological polar surface area (TPSA) is 50.5 Å². The summed E-state index contributed by atoms with van der Waals surface area (Å²) in [7, 11) is 0. The maximum atomic E-state index is 6.19. The first-order chi connectivity index (χ1) is 10.8. The van der Waals surface area contributed by atoms with E-state index in [0.29, 0.717) is 29.0 Å². The van der Waals surface area contributed by atoms with Gasteiger partial charge in [0.25, 0.3) is 0 Å². The van der Waals surface area contributed by atoms with Gasteiger partial charge in [-0.25, -0.2) is 0 Å². The predicted octanol–water partition coefficient (Wildman–Crippen LogP) is 3.81. The Bertz CT molecular complexity index is 683. The van der Waals surface area contributed by atoms with Gasteiger partial charge in [-0.1, -0.05) is 16.8 Å². The minimum absolute atomic E-state index is 0. The number of ether oxygens (including phenoxy) is 1. The van der Waals surface area contributed by atoms with Crippen molar-refractivity contribution in [1.29, 1.82) is 0 Å². The fourth-order valence-electron chi connectivity index (χ4n) is 3.64. The van der Waals surface area contributed by atoms with E-state index in [1.807, 2.05) is 19.1 Å². The standard InChI is InChI=1S/C16H20ClN3O2.ClH/c1-2-21-15-12(17)4-3-11-14(15)22-19-16(11)18-13-9-20-7-5-10(13)6-8-20;/h3-4,10,13H,2,5-9H2,1H3,(H,18,19);1H. The number of nitrogens with one attached hydrogen (secondary N) is 1. The number of hydrogen-bond acceptors (Lipinski definition) is 5. The zero-order chi connectivity index (χ0) is 15.1. The molecule has 1 unspecified atom stereocenters. The molecule has 4 heterocycles. The molecule has 1 aromatic carbocycles. The second kappa shape index (κ2) is 6.75. The second-order valence-corrected chi connectivity index (χ2v) is 6.51. The first kappa shape index (κ1) is 16.7. The molecule has 5 rings (SSSR count). The zero-order valence-electron chi connectivity index (χ0n) is 13.0. The molecule has 5 nitrogen and oxygen atoms in total. The van der Waals surface area contributed by atoms with Crippen molar-refractivity contribution in [3.63, 3.8) is 0 Å². The van der Waals surface area contributed by atoms with Crippen LogP contribution in [0, 0.1) is 5.92 Å². The largest absolute Gasteiger partial charge is 0.488 e. The van der Waals surface area contributed by atoms with Crippen LogP contribution < -0.4 is 10.1 Å². The molecule has 0 amide bonds. The summed E-state index contributed by atoms with van der Waals surface area (Å²) >= 11 is 6.19. The highest BCUT2D eigenvalue weighted by molar-refractivity contribution is 6.33. The Morgan fingerprint density at radius 2 is 2.17 bits per heavy atom. The summed E-state index contributed by atoms with van der Waals surface area (Å²) in [5.41, 5.74) is 0.623. The van der Waals surface area contributed by atoms with Gasteiger partial charge >= 0.3 is 0 Å². The molecule has 0 aliphatic carbocycles. The van der Waals surface area contributed by atoms with E-state index in [4.69, 9.17) is 20.9 Å². The summed E-state index contributed by atoms with van der Waals surface area (Å²) in [6, 6.07) is 4.23. The molecular formula is C16H21Cl2N3O2. The van der Waals surface area contributed by atoms with Crippen molar-refractivity contribution in [2.24, 2.45) is 5.92 Å². The van der Waals surface area contributed by atoms with Crippen LogP contribution in [0.2, 0.25) is 5.02 Å². The Hall–Kier alpha value is -1.17. The Morgan fingerprint density at radius 3 is 2.83 bits per heavy atom. The summed E-state index contributed by atoms with van der Waals surface area (Å²) in [6.07, 6.45) is 2.53. The van der Waals surface area contributed by atoms with Crippen LogP contribution in [0.5, 0.6) is 5.75 Å². The molecular weight excluding hydrogens is 337 g/mol. The average molecular weight is 358 g/mol. The van der Waals surface area contributed by atoms with Gasteiger partial charge in [-0.05, 0) is 50.9 Å². The predicted molar refractivity (Wildman–Crippen MR) is 94.0 cm³/mol. The van der Waals surface area contributed by atoms with Crippen molar-refractivity contribution in [2.75, 3.05) is 31.6 Å². The number of halogens is 2. The van der Waals surface area contributed by atoms with E-state index >= 15 is 0 Å². The summed E-state index contributed by atoms with van der Waals surface area (Å²) in [5, 5.41) is 9.28. The number of nitrogens with zero attached hydrogens (tertiary/aromatic N) is 2. The average Bonchev–Trinajstić information content (AvgIpc) is 2.95. The van der Waals surface area contributed by atoms with Crippen LogP contribution in [0.3, 0.4) is 0 Å². The van der Waals surface area contributed by atoms with E-state index in [1.54, 1.807) is 0 Å². The molecule has 23 heavy (non-hydrogen) atoms. The lowest BCUT2D eigenvalue weighted by molar-refractivity contribution is 0.0973.